The second-order valence-corrected chi connectivity index (χ2v) is 3.61. The Kier molecular flexibility index (Phi) is 2.19. The predicted octanol–water partition coefficient (Wildman–Crippen LogP) is 1.55. The van der Waals surface area contributed by atoms with Gasteiger partial charge in [-0.15, -0.1) is 0 Å². The number of thiocarbonyl (C=S) groups is 1. The van der Waals surface area contributed by atoms with E-state index in [0.717, 1.165) is 11.7 Å². The van der Waals surface area contributed by atoms with E-state index in [1.165, 1.54) is 5.56 Å². The maximum absolute atomic E-state index is 5.13. The Morgan fingerprint density at radius 2 is 2.08 bits per heavy atom. The van der Waals surface area contributed by atoms with Gasteiger partial charge >= 0.3 is 0 Å². The summed E-state index contributed by atoms with van der Waals surface area (Å²) in [6.45, 7) is 0.916. The molecule has 1 N–H and O–H groups in total. The van der Waals surface area contributed by atoms with E-state index >= 15 is 0 Å². The molecule has 0 saturated carbocycles. The molecule has 1 aromatic rings. The van der Waals surface area contributed by atoms with Gasteiger partial charge in [0, 0.05) is 13.6 Å². The second kappa shape index (κ2) is 3.34. The van der Waals surface area contributed by atoms with Crippen LogP contribution in [0.15, 0.2) is 30.3 Å². The summed E-state index contributed by atoms with van der Waals surface area (Å²) in [5, 5.41) is 4.02. The summed E-state index contributed by atoms with van der Waals surface area (Å²) >= 11 is 5.13. The number of rotatable bonds is 1. The zero-order chi connectivity index (χ0) is 9.26. The Morgan fingerprint density at radius 3 is 2.62 bits per heavy atom. The van der Waals surface area contributed by atoms with E-state index in [2.05, 4.69) is 34.5 Å². The van der Waals surface area contributed by atoms with Crippen molar-refractivity contribution in [1.82, 2.24) is 10.2 Å². The highest BCUT2D eigenvalue weighted by molar-refractivity contribution is 7.80. The average molecular weight is 192 g/mol. The summed E-state index contributed by atoms with van der Waals surface area (Å²) in [5.41, 5.74) is 1.32. The van der Waals surface area contributed by atoms with Crippen LogP contribution in [0.25, 0.3) is 0 Å². The number of nitrogens with one attached hydrogen (secondary N) is 1. The van der Waals surface area contributed by atoms with Gasteiger partial charge in [0.15, 0.2) is 5.11 Å². The lowest BCUT2D eigenvalue weighted by atomic mass is 10.1. The van der Waals surface area contributed by atoms with Crippen molar-refractivity contribution >= 4 is 17.3 Å². The maximum atomic E-state index is 5.13. The molecule has 3 heteroatoms. The lowest BCUT2D eigenvalue weighted by molar-refractivity contribution is 0.429. The SMILES string of the molecule is CN1C(=S)NC[C@@H]1c1ccccc1. The van der Waals surface area contributed by atoms with Gasteiger partial charge in [0.05, 0.1) is 6.04 Å². The van der Waals surface area contributed by atoms with E-state index in [0.29, 0.717) is 6.04 Å². The first kappa shape index (κ1) is 8.51. The normalized spacial score (nSPS) is 21.8. The Balaban J connectivity index is 2.24. The molecule has 1 fully saturated rings. The number of hydrogen-bond acceptors (Lipinski definition) is 1. The van der Waals surface area contributed by atoms with Crippen LogP contribution in [-0.4, -0.2) is 23.6 Å². The van der Waals surface area contributed by atoms with Crippen LogP contribution in [0.3, 0.4) is 0 Å². The average Bonchev–Trinajstić information content (AvgIpc) is 2.49. The van der Waals surface area contributed by atoms with Gasteiger partial charge in [0.1, 0.15) is 0 Å². The molecule has 0 amide bonds. The number of likely N-dealkylation sites (N-methyl/N-ethyl adjacent to an activating group) is 1. The summed E-state index contributed by atoms with van der Waals surface area (Å²) in [4.78, 5) is 2.10. The smallest absolute Gasteiger partial charge is 0.169 e. The molecule has 2 nitrogen and oxygen atoms in total. The van der Waals surface area contributed by atoms with Crippen LogP contribution in [0.1, 0.15) is 11.6 Å². The largest absolute Gasteiger partial charge is 0.360 e. The molecule has 1 aromatic carbocycles. The molecule has 1 saturated heterocycles. The molecule has 0 aromatic heterocycles. The molecule has 2 rings (SSSR count). The van der Waals surface area contributed by atoms with Crippen LogP contribution in [0, 0.1) is 0 Å². The summed E-state index contributed by atoms with van der Waals surface area (Å²) in [6.07, 6.45) is 0. The fourth-order valence-corrected chi connectivity index (χ4v) is 1.81. The van der Waals surface area contributed by atoms with Gasteiger partial charge in [-0.05, 0) is 17.8 Å². The van der Waals surface area contributed by atoms with Gasteiger partial charge < -0.3 is 10.2 Å². The highest BCUT2D eigenvalue weighted by atomic mass is 32.1. The molecule has 1 aliphatic heterocycles. The van der Waals surface area contributed by atoms with Crippen LogP contribution in [0.5, 0.6) is 0 Å². The van der Waals surface area contributed by atoms with Crippen molar-refractivity contribution in [3.63, 3.8) is 0 Å². The zero-order valence-electron chi connectivity index (χ0n) is 7.53. The van der Waals surface area contributed by atoms with Crippen molar-refractivity contribution in [3.8, 4) is 0 Å². The third kappa shape index (κ3) is 1.52. The van der Waals surface area contributed by atoms with Crippen LogP contribution in [0.4, 0.5) is 0 Å². The highest BCUT2D eigenvalue weighted by Crippen LogP contribution is 2.22. The third-order valence-corrected chi connectivity index (χ3v) is 2.85. The Hall–Kier alpha value is -1.09. The summed E-state index contributed by atoms with van der Waals surface area (Å²) in [6, 6.07) is 10.8. The third-order valence-electron chi connectivity index (χ3n) is 2.42. The van der Waals surface area contributed by atoms with E-state index < -0.39 is 0 Å². The fraction of sp³-hybridized carbons (Fsp3) is 0.300. The van der Waals surface area contributed by atoms with Gasteiger partial charge in [0.25, 0.3) is 0 Å². The van der Waals surface area contributed by atoms with Crippen LogP contribution < -0.4 is 5.32 Å². The van der Waals surface area contributed by atoms with Gasteiger partial charge in [0.2, 0.25) is 0 Å². The minimum Gasteiger partial charge on any atom is -0.360 e. The standard InChI is InChI=1S/C10H12N2S/c1-12-9(7-11-10(12)13)8-5-3-2-4-6-8/h2-6,9H,7H2,1H3,(H,11,13)/t9-/m1/s1. The molecular weight excluding hydrogens is 180 g/mol. The second-order valence-electron chi connectivity index (χ2n) is 3.22. The Labute approximate surface area is 83.6 Å². The van der Waals surface area contributed by atoms with Gasteiger partial charge in [-0.25, -0.2) is 0 Å². The fourth-order valence-electron chi connectivity index (χ4n) is 1.60. The monoisotopic (exact) mass is 192 g/mol. The van der Waals surface area contributed by atoms with Crippen molar-refractivity contribution < 1.29 is 0 Å². The molecular formula is C10H12N2S. The molecule has 1 aliphatic rings. The quantitative estimate of drug-likeness (QED) is 0.680. The topological polar surface area (TPSA) is 15.3 Å². The Morgan fingerprint density at radius 1 is 1.38 bits per heavy atom. The van der Waals surface area contributed by atoms with Crippen molar-refractivity contribution in [1.29, 1.82) is 0 Å². The van der Waals surface area contributed by atoms with E-state index in [4.69, 9.17) is 12.2 Å². The highest BCUT2D eigenvalue weighted by Gasteiger charge is 2.25. The van der Waals surface area contributed by atoms with E-state index in [1.807, 2.05) is 13.1 Å². The molecule has 0 unspecified atom stereocenters. The minimum atomic E-state index is 0.397. The molecule has 13 heavy (non-hydrogen) atoms. The molecule has 68 valence electrons. The molecule has 0 radical (unpaired) electrons. The molecule has 1 atom stereocenters. The minimum absolute atomic E-state index is 0.397. The lowest BCUT2D eigenvalue weighted by Crippen LogP contribution is -2.24. The van der Waals surface area contributed by atoms with Crippen LogP contribution in [0.2, 0.25) is 0 Å². The van der Waals surface area contributed by atoms with Crippen molar-refractivity contribution in [3.05, 3.63) is 35.9 Å². The number of nitrogens with zero attached hydrogens (tertiary/aromatic N) is 1. The first-order valence-corrected chi connectivity index (χ1v) is 4.75. The van der Waals surface area contributed by atoms with Crippen molar-refractivity contribution in [2.45, 2.75) is 6.04 Å². The van der Waals surface area contributed by atoms with Crippen molar-refractivity contribution in [2.75, 3.05) is 13.6 Å². The van der Waals surface area contributed by atoms with Crippen LogP contribution >= 0.6 is 12.2 Å². The van der Waals surface area contributed by atoms with Crippen molar-refractivity contribution in [2.24, 2.45) is 0 Å². The summed E-state index contributed by atoms with van der Waals surface area (Å²) in [7, 11) is 2.03. The van der Waals surface area contributed by atoms with Gasteiger partial charge in [-0.2, -0.15) is 0 Å². The van der Waals surface area contributed by atoms with Crippen LogP contribution in [-0.2, 0) is 0 Å². The summed E-state index contributed by atoms with van der Waals surface area (Å²) < 4.78 is 0. The zero-order valence-corrected chi connectivity index (χ0v) is 8.34. The van der Waals surface area contributed by atoms with E-state index in [9.17, 15) is 0 Å². The maximum Gasteiger partial charge on any atom is 0.169 e. The number of benzene rings is 1. The summed E-state index contributed by atoms with van der Waals surface area (Å²) in [5.74, 6) is 0. The number of hydrogen-bond donors (Lipinski definition) is 1. The van der Waals surface area contributed by atoms with E-state index in [-0.39, 0.29) is 0 Å². The Bertz CT molecular complexity index is 310. The van der Waals surface area contributed by atoms with E-state index in [1.54, 1.807) is 0 Å². The van der Waals surface area contributed by atoms with Gasteiger partial charge in [-0.1, -0.05) is 30.3 Å². The van der Waals surface area contributed by atoms with Gasteiger partial charge in [-0.3, -0.25) is 0 Å². The molecule has 0 bridgehead atoms. The molecule has 1 heterocycles. The predicted molar refractivity (Wildman–Crippen MR) is 57.5 cm³/mol. The lowest BCUT2D eigenvalue weighted by Gasteiger charge is -2.19. The molecule has 0 spiro atoms. The first-order valence-electron chi connectivity index (χ1n) is 4.34. The molecule has 0 aliphatic carbocycles. The first-order chi connectivity index (χ1) is 6.29.